The highest BCUT2D eigenvalue weighted by Crippen LogP contribution is 2.29. The molecule has 2 aromatic carbocycles. The minimum Gasteiger partial charge on any atom is -0.497 e. The van der Waals surface area contributed by atoms with Gasteiger partial charge < -0.3 is 14.5 Å². The zero-order valence-electron chi connectivity index (χ0n) is 13.6. The lowest BCUT2D eigenvalue weighted by Gasteiger charge is -2.04. The molecule has 3 nitrogen and oxygen atoms in total. The van der Waals surface area contributed by atoms with Gasteiger partial charge in [0.25, 0.3) is 0 Å². The van der Waals surface area contributed by atoms with E-state index in [0.717, 1.165) is 52.3 Å². The number of hydrogen-bond donors (Lipinski definition) is 1. The predicted molar refractivity (Wildman–Crippen MR) is 95.5 cm³/mol. The molecule has 23 heavy (non-hydrogen) atoms. The van der Waals surface area contributed by atoms with E-state index in [-0.39, 0.29) is 0 Å². The number of hydrogen-bond acceptors (Lipinski definition) is 3. The first-order valence-electron chi connectivity index (χ1n) is 7.82. The van der Waals surface area contributed by atoms with E-state index in [4.69, 9.17) is 9.15 Å². The van der Waals surface area contributed by atoms with Gasteiger partial charge in [-0.1, -0.05) is 31.7 Å². The van der Waals surface area contributed by atoms with E-state index in [1.54, 1.807) is 7.11 Å². The molecule has 0 aliphatic rings. The van der Waals surface area contributed by atoms with Gasteiger partial charge in [0.15, 0.2) is 5.76 Å². The topological polar surface area (TPSA) is 34.4 Å². The first-order chi connectivity index (χ1) is 11.2. The van der Waals surface area contributed by atoms with Crippen LogP contribution in [0.15, 0.2) is 59.5 Å². The van der Waals surface area contributed by atoms with E-state index in [9.17, 15) is 0 Å². The molecule has 3 aromatic rings. The molecule has 0 aliphatic heterocycles. The fourth-order valence-corrected chi connectivity index (χ4v) is 2.52. The van der Waals surface area contributed by atoms with Gasteiger partial charge in [0.2, 0.25) is 0 Å². The number of furan rings is 1. The molecule has 1 heterocycles. The molecule has 0 saturated heterocycles. The van der Waals surface area contributed by atoms with Gasteiger partial charge in [0.1, 0.15) is 11.3 Å². The molecule has 0 atom stereocenters. The van der Waals surface area contributed by atoms with Gasteiger partial charge in [-0.3, -0.25) is 0 Å². The molecule has 0 fully saturated rings. The maximum Gasteiger partial charge on any atom is 0.150 e. The second-order valence-corrected chi connectivity index (χ2v) is 5.50. The van der Waals surface area contributed by atoms with Crippen molar-refractivity contribution in [2.45, 2.75) is 13.3 Å². The van der Waals surface area contributed by atoms with Crippen molar-refractivity contribution in [1.29, 1.82) is 0 Å². The van der Waals surface area contributed by atoms with E-state index in [1.807, 2.05) is 24.3 Å². The van der Waals surface area contributed by atoms with Crippen LogP contribution in [0.1, 0.15) is 19.1 Å². The Morgan fingerprint density at radius 2 is 1.83 bits per heavy atom. The summed E-state index contributed by atoms with van der Waals surface area (Å²) in [5.41, 5.74) is 4.00. The second-order valence-electron chi connectivity index (χ2n) is 5.50. The SMILES string of the molecule is C=C(NCCC)c1cc2cc(-c3ccc(OC)cc3)ccc2o1. The van der Waals surface area contributed by atoms with Crippen LogP contribution in [0.2, 0.25) is 0 Å². The Hall–Kier alpha value is -2.68. The Kier molecular flexibility index (Phi) is 4.38. The lowest BCUT2D eigenvalue weighted by Crippen LogP contribution is -2.11. The third-order valence-electron chi connectivity index (χ3n) is 3.83. The molecule has 0 unspecified atom stereocenters. The van der Waals surface area contributed by atoms with Crippen molar-refractivity contribution in [3.63, 3.8) is 0 Å². The van der Waals surface area contributed by atoms with Crippen LogP contribution in [0.5, 0.6) is 5.75 Å². The van der Waals surface area contributed by atoms with Crippen LogP contribution in [-0.4, -0.2) is 13.7 Å². The Labute approximate surface area is 136 Å². The van der Waals surface area contributed by atoms with Gasteiger partial charge >= 0.3 is 0 Å². The minimum atomic E-state index is 0.792. The molecule has 3 heteroatoms. The van der Waals surface area contributed by atoms with Gasteiger partial charge in [-0.15, -0.1) is 0 Å². The molecule has 0 bridgehead atoms. The summed E-state index contributed by atoms with van der Waals surface area (Å²) in [5, 5.41) is 4.34. The molecule has 0 amide bonds. The Balaban J connectivity index is 1.90. The Morgan fingerprint density at radius 3 is 2.52 bits per heavy atom. The Morgan fingerprint density at radius 1 is 1.09 bits per heavy atom. The minimum absolute atomic E-state index is 0.792. The van der Waals surface area contributed by atoms with Gasteiger partial charge in [0, 0.05) is 11.9 Å². The summed E-state index contributed by atoms with van der Waals surface area (Å²) in [5.74, 6) is 1.65. The maximum atomic E-state index is 5.87. The molecular formula is C20H21NO2. The van der Waals surface area contributed by atoms with Crippen molar-refractivity contribution in [1.82, 2.24) is 5.32 Å². The standard InChI is InChI=1S/C20H21NO2/c1-4-11-21-14(2)20-13-17-12-16(7-10-19(17)23-20)15-5-8-18(22-3)9-6-15/h5-10,12-13,21H,2,4,11H2,1,3H3. The molecular weight excluding hydrogens is 286 g/mol. The van der Waals surface area contributed by atoms with E-state index in [2.05, 4.69) is 43.1 Å². The van der Waals surface area contributed by atoms with Gasteiger partial charge in [-0.05, 0) is 47.9 Å². The normalized spacial score (nSPS) is 10.7. The fraction of sp³-hybridized carbons (Fsp3) is 0.200. The zero-order chi connectivity index (χ0) is 16.2. The number of nitrogens with one attached hydrogen (secondary N) is 1. The molecule has 0 spiro atoms. The second kappa shape index (κ2) is 6.61. The third kappa shape index (κ3) is 3.24. The van der Waals surface area contributed by atoms with Crippen molar-refractivity contribution in [3.8, 4) is 16.9 Å². The van der Waals surface area contributed by atoms with Gasteiger partial charge in [-0.25, -0.2) is 0 Å². The van der Waals surface area contributed by atoms with E-state index >= 15 is 0 Å². The van der Waals surface area contributed by atoms with Crippen molar-refractivity contribution in [2.24, 2.45) is 0 Å². The van der Waals surface area contributed by atoms with Gasteiger partial charge in [-0.2, -0.15) is 0 Å². The average molecular weight is 307 g/mol. The summed E-state index contributed by atoms with van der Waals surface area (Å²) in [6.07, 6.45) is 1.06. The van der Waals surface area contributed by atoms with Crippen LogP contribution in [0.25, 0.3) is 27.8 Å². The smallest absolute Gasteiger partial charge is 0.150 e. The molecule has 0 radical (unpaired) electrons. The van der Waals surface area contributed by atoms with Crippen LogP contribution in [0, 0.1) is 0 Å². The average Bonchev–Trinajstić information content (AvgIpc) is 3.03. The number of ether oxygens (including phenoxy) is 1. The predicted octanol–water partition coefficient (Wildman–Crippen LogP) is 5.08. The molecule has 3 rings (SSSR count). The first-order valence-corrected chi connectivity index (χ1v) is 7.82. The summed E-state index contributed by atoms with van der Waals surface area (Å²) in [7, 11) is 1.67. The van der Waals surface area contributed by atoms with E-state index < -0.39 is 0 Å². The van der Waals surface area contributed by atoms with Gasteiger partial charge in [0.05, 0.1) is 12.8 Å². The van der Waals surface area contributed by atoms with Crippen molar-refractivity contribution >= 4 is 16.7 Å². The van der Waals surface area contributed by atoms with Crippen molar-refractivity contribution in [3.05, 3.63) is 60.9 Å². The van der Waals surface area contributed by atoms with Crippen molar-refractivity contribution in [2.75, 3.05) is 13.7 Å². The van der Waals surface area contributed by atoms with Crippen LogP contribution in [0.3, 0.4) is 0 Å². The summed E-state index contributed by atoms with van der Waals surface area (Å²) in [6.45, 7) is 7.06. The molecule has 0 saturated carbocycles. The Bertz CT molecular complexity index is 815. The highest BCUT2D eigenvalue weighted by atomic mass is 16.5. The largest absolute Gasteiger partial charge is 0.497 e. The lowest BCUT2D eigenvalue weighted by molar-refractivity contribution is 0.415. The summed E-state index contributed by atoms with van der Waals surface area (Å²) in [6, 6.07) is 16.3. The monoisotopic (exact) mass is 307 g/mol. The van der Waals surface area contributed by atoms with Crippen LogP contribution < -0.4 is 10.1 Å². The molecule has 118 valence electrons. The third-order valence-corrected chi connectivity index (χ3v) is 3.83. The lowest BCUT2D eigenvalue weighted by atomic mass is 10.0. The quantitative estimate of drug-likeness (QED) is 0.689. The first kappa shape index (κ1) is 15.2. The van der Waals surface area contributed by atoms with Crippen LogP contribution >= 0.6 is 0 Å². The fourth-order valence-electron chi connectivity index (χ4n) is 2.52. The molecule has 1 N–H and O–H groups in total. The number of benzene rings is 2. The molecule has 1 aromatic heterocycles. The summed E-state index contributed by atoms with van der Waals surface area (Å²) >= 11 is 0. The number of rotatable bonds is 6. The zero-order valence-corrected chi connectivity index (χ0v) is 13.6. The maximum absolute atomic E-state index is 5.87. The highest BCUT2D eigenvalue weighted by molar-refractivity contribution is 5.86. The summed E-state index contributed by atoms with van der Waals surface area (Å²) < 4.78 is 11.1. The summed E-state index contributed by atoms with van der Waals surface area (Å²) in [4.78, 5) is 0. The van der Waals surface area contributed by atoms with Crippen LogP contribution in [-0.2, 0) is 0 Å². The number of fused-ring (bicyclic) bond motifs is 1. The van der Waals surface area contributed by atoms with E-state index in [0.29, 0.717) is 0 Å². The number of methoxy groups -OCH3 is 1. The van der Waals surface area contributed by atoms with Crippen molar-refractivity contribution < 1.29 is 9.15 Å². The molecule has 0 aliphatic carbocycles. The van der Waals surface area contributed by atoms with Crippen LogP contribution in [0.4, 0.5) is 0 Å². The van der Waals surface area contributed by atoms with E-state index in [1.165, 1.54) is 0 Å². The highest BCUT2D eigenvalue weighted by Gasteiger charge is 2.08.